The van der Waals surface area contributed by atoms with Crippen LogP contribution in [0.15, 0.2) is 22.7 Å². The van der Waals surface area contributed by atoms with Gasteiger partial charge in [-0.25, -0.2) is 0 Å². The van der Waals surface area contributed by atoms with Crippen LogP contribution in [-0.4, -0.2) is 10.1 Å². The fourth-order valence-corrected chi connectivity index (χ4v) is 2.11. The molecule has 0 spiro atoms. The lowest BCUT2D eigenvalue weighted by atomic mass is 10.1. The number of halogens is 2. The van der Waals surface area contributed by atoms with Gasteiger partial charge < -0.3 is 10.3 Å². The van der Waals surface area contributed by atoms with Gasteiger partial charge in [0.1, 0.15) is 0 Å². The average Bonchev–Trinajstić information content (AvgIpc) is 2.77. The van der Waals surface area contributed by atoms with Crippen molar-refractivity contribution in [3.8, 4) is 0 Å². The van der Waals surface area contributed by atoms with E-state index in [1.807, 2.05) is 6.92 Å². The highest BCUT2D eigenvalue weighted by atomic mass is 35.5. The van der Waals surface area contributed by atoms with Gasteiger partial charge in [0.15, 0.2) is 5.82 Å². The Morgan fingerprint density at radius 2 is 2.00 bits per heavy atom. The van der Waals surface area contributed by atoms with Gasteiger partial charge >= 0.3 is 0 Å². The molecule has 0 amide bonds. The minimum atomic E-state index is -0.583. The van der Waals surface area contributed by atoms with Crippen LogP contribution in [0.5, 0.6) is 0 Å². The van der Waals surface area contributed by atoms with E-state index < -0.39 is 6.04 Å². The van der Waals surface area contributed by atoms with Gasteiger partial charge in [0.05, 0.1) is 6.04 Å². The van der Waals surface area contributed by atoms with Crippen molar-refractivity contribution in [2.24, 2.45) is 5.73 Å². The molecule has 2 aromatic rings. The van der Waals surface area contributed by atoms with Gasteiger partial charge in [0, 0.05) is 22.0 Å². The molecule has 0 fully saturated rings. The number of aryl methyl sites for hydroxylation is 1. The minimum absolute atomic E-state index is 0.386. The van der Waals surface area contributed by atoms with Gasteiger partial charge in [-0.15, -0.1) is 0 Å². The maximum Gasteiger partial charge on any atom is 0.226 e. The molecule has 17 heavy (non-hydrogen) atoms. The van der Waals surface area contributed by atoms with Crippen LogP contribution in [-0.2, 0) is 6.42 Å². The molecule has 0 saturated heterocycles. The van der Waals surface area contributed by atoms with E-state index in [-0.39, 0.29) is 0 Å². The number of benzene rings is 1. The molecule has 0 radical (unpaired) electrons. The SMILES string of the molecule is CCc1nc(C(N)c2c(Cl)cccc2Cl)no1. The molecule has 0 aliphatic rings. The topological polar surface area (TPSA) is 64.9 Å². The normalized spacial score (nSPS) is 12.7. The first-order chi connectivity index (χ1) is 8.13. The molecule has 4 nitrogen and oxygen atoms in total. The summed E-state index contributed by atoms with van der Waals surface area (Å²) in [5.41, 5.74) is 6.64. The summed E-state index contributed by atoms with van der Waals surface area (Å²) in [6.07, 6.45) is 0.663. The predicted molar refractivity (Wildman–Crippen MR) is 66.2 cm³/mol. The summed E-state index contributed by atoms with van der Waals surface area (Å²) in [6.45, 7) is 1.92. The molecule has 2 rings (SSSR count). The van der Waals surface area contributed by atoms with Gasteiger partial charge in [-0.1, -0.05) is 41.3 Å². The van der Waals surface area contributed by atoms with Crippen molar-refractivity contribution in [1.29, 1.82) is 0 Å². The second-order valence-electron chi connectivity index (χ2n) is 3.51. The Labute approximate surface area is 109 Å². The molecule has 2 N–H and O–H groups in total. The fraction of sp³-hybridized carbons (Fsp3) is 0.273. The van der Waals surface area contributed by atoms with E-state index >= 15 is 0 Å². The summed E-state index contributed by atoms with van der Waals surface area (Å²) in [7, 11) is 0. The molecule has 90 valence electrons. The van der Waals surface area contributed by atoms with E-state index in [0.29, 0.717) is 33.7 Å². The van der Waals surface area contributed by atoms with Gasteiger partial charge in [-0.3, -0.25) is 0 Å². The molecule has 0 aliphatic carbocycles. The first kappa shape index (κ1) is 12.4. The molecule has 1 atom stereocenters. The van der Waals surface area contributed by atoms with E-state index in [2.05, 4.69) is 10.1 Å². The van der Waals surface area contributed by atoms with Crippen LogP contribution < -0.4 is 5.73 Å². The third-order valence-electron chi connectivity index (χ3n) is 2.38. The van der Waals surface area contributed by atoms with Crippen LogP contribution in [0.3, 0.4) is 0 Å². The third kappa shape index (κ3) is 2.44. The second kappa shape index (κ2) is 5.04. The van der Waals surface area contributed by atoms with E-state index in [1.165, 1.54) is 0 Å². The first-order valence-corrected chi connectivity index (χ1v) is 5.91. The molecular formula is C11H11Cl2N3O. The highest BCUT2D eigenvalue weighted by Gasteiger charge is 2.20. The lowest BCUT2D eigenvalue weighted by Gasteiger charge is -2.11. The lowest BCUT2D eigenvalue weighted by Crippen LogP contribution is -2.14. The summed E-state index contributed by atoms with van der Waals surface area (Å²) in [4.78, 5) is 4.17. The molecule has 1 aromatic heterocycles. The van der Waals surface area contributed by atoms with Gasteiger partial charge in [0.2, 0.25) is 5.89 Å². The van der Waals surface area contributed by atoms with Crippen LogP contribution >= 0.6 is 23.2 Å². The number of aromatic nitrogens is 2. The van der Waals surface area contributed by atoms with Crippen molar-refractivity contribution in [3.63, 3.8) is 0 Å². The van der Waals surface area contributed by atoms with Gasteiger partial charge in [-0.05, 0) is 12.1 Å². The zero-order chi connectivity index (χ0) is 12.4. The van der Waals surface area contributed by atoms with Crippen LogP contribution in [0, 0.1) is 0 Å². The Morgan fingerprint density at radius 3 is 2.53 bits per heavy atom. The smallest absolute Gasteiger partial charge is 0.226 e. The summed E-state index contributed by atoms with van der Waals surface area (Å²) < 4.78 is 5.01. The molecule has 0 saturated carbocycles. The molecular weight excluding hydrogens is 261 g/mol. The number of rotatable bonds is 3. The lowest BCUT2D eigenvalue weighted by molar-refractivity contribution is 0.375. The molecule has 1 unspecified atom stereocenters. The van der Waals surface area contributed by atoms with Crippen molar-refractivity contribution in [3.05, 3.63) is 45.5 Å². The summed E-state index contributed by atoms with van der Waals surface area (Å²) >= 11 is 12.1. The Balaban J connectivity index is 2.39. The van der Waals surface area contributed by atoms with Crippen molar-refractivity contribution < 1.29 is 4.52 Å². The monoisotopic (exact) mass is 271 g/mol. The molecule has 1 heterocycles. The number of nitrogens with zero attached hydrogens (tertiary/aromatic N) is 2. The highest BCUT2D eigenvalue weighted by Crippen LogP contribution is 2.31. The minimum Gasteiger partial charge on any atom is -0.339 e. The Kier molecular flexibility index (Phi) is 3.66. The highest BCUT2D eigenvalue weighted by molar-refractivity contribution is 6.36. The zero-order valence-electron chi connectivity index (χ0n) is 9.15. The summed E-state index contributed by atoms with van der Waals surface area (Å²) in [5, 5.41) is 4.80. The zero-order valence-corrected chi connectivity index (χ0v) is 10.7. The summed E-state index contributed by atoms with van der Waals surface area (Å²) in [5.74, 6) is 0.926. The van der Waals surface area contributed by atoms with Crippen molar-refractivity contribution in [2.75, 3.05) is 0 Å². The standard InChI is InChI=1S/C11H11Cl2N3O/c1-2-8-15-11(16-17-8)10(14)9-6(12)4-3-5-7(9)13/h3-5,10H,2,14H2,1H3. The van der Waals surface area contributed by atoms with E-state index in [4.69, 9.17) is 33.5 Å². The van der Waals surface area contributed by atoms with Crippen LogP contribution in [0.25, 0.3) is 0 Å². The van der Waals surface area contributed by atoms with Gasteiger partial charge in [0.25, 0.3) is 0 Å². The molecule has 0 aliphatic heterocycles. The maximum atomic E-state index is 6.06. The molecule has 0 bridgehead atoms. The van der Waals surface area contributed by atoms with Crippen molar-refractivity contribution >= 4 is 23.2 Å². The first-order valence-electron chi connectivity index (χ1n) is 5.15. The largest absolute Gasteiger partial charge is 0.339 e. The van der Waals surface area contributed by atoms with E-state index in [1.54, 1.807) is 18.2 Å². The Bertz CT molecular complexity index is 507. The second-order valence-corrected chi connectivity index (χ2v) is 4.33. The third-order valence-corrected chi connectivity index (χ3v) is 3.03. The van der Waals surface area contributed by atoms with Crippen LogP contribution in [0.1, 0.15) is 30.2 Å². The Morgan fingerprint density at radius 1 is 1.35 bits per heavy atom. The number of hydrogen-bond donors (Lipinski definition) is 1. The van der Waals surface area contributed by atoms with Crippen molar-refractivity contribution in [2.45, 2.75) is 19.4 Å². The number of nitrogens with two attached hydrogens (primary N) is 1. The average molecular weight is 272 g/mol. The summed E-state index contributed by atoms with van der Waals surface area (Å²) in [6, 6.07) is 4.63. The Hall–Kier alpha value is -1.10. The van der Waals surface area contributed by atoms with Gasteiger partial charge in [-0.2, -0.15) is 4.98 Å². The van der Waals surface area contributed by atoms with E-state index in [0.717, 1.165) is 0 Å². The van der Waals surface area contributed by atoms with Crippen LogP contribution in [0.2, 0.25) is 10.0 Å². The molecule has 6 heteroatoms. The fourth-order valence-electron chi connectivity index (χ4n) is 1.47. The predicted octanol–water partition coefficient (Wildman–Crippen LogP) is 2.99. The quantitative estimate of drug-likeness (QED) is 0.932. The molecule has 1 aromatic carbocycles. The van der Waals surface area contributed by atoms with Crippen molar-refractivity contribution in [1.82, 2.24) is 10.1 Å². The maximum absolute atomic E-state index is 6.06. The van der Waals surface area contributed by atoms with E-state index in [9.17, 15) is 0 Å². The van der Waals surface area contributed by atoms with Crippen LogP contribution in [0.4, 0.5) is 0 Å². The number of hydrogen-bond acceptors (Lipinski definition) is 4.